The van der Waals surface area contributed by atoms with E-state index in [9.17, 15) is 19.7 Å². The number of hydrogen-bond donors (Lipinski definition) is 3. The first kappa shape index (κ1) is 28.7. The van der Waals surface area contributed by atoms with Crippen LogP contribution in [0.5, 0.6) is 0 Å². The van der Waals surface area contributed by atoms with Crippen LogP contribution in [0.2, 0.25) is 0 Å². The summed E-state index contributed by atoms with van der Waals surface area (Å²) >= 11 is 0. The fourth-order valence-electron chi connectivity index (χ4n) is 4.55. The first-order chi connectivity index (χ1) is 19.7. The Kier molecular flexibility index (Phi) is 8.87. The molecule has 1 atom stereocenters. The second-order valence-corrected chi connectivity index (χ2v) is 9.48. The van der Waals surface area contributed by atoms with Gasteiger partial charge in [-0.1, -0.05) is 18.2 Å². The van der Waals surface area contributed by atoms with Gasteiger partial charge < -0.3 is 26.7 Å². The van der Waals surface area contributed by atoms with E-state index >= 15 is 0 Å². The minimum absolute atomic E-state index is 0.0619. The Bertz CT molecular complexity index is 1600. The van der Waals surface area contributed by atoms with Crippen LogP contribution in [-0.4, -0.2) is 62.3 Å². The number of amides is 2. The van der Waals surface area contributed by atoms with Gasteiger partial charge in [-0.15, -0.1) is 0 Å². The number of nitro benzene ring substituents is 1. The molecule has 0 saturated carbocycles. The van der Waals surface area contributed by atoms with Crippen molar-refractivity contribution < 1.29 is 14.5 Å². The first-order valence-electron chi connectivity index (χ1n) is 12.9. The molecule has 0 radical (unpaired) electrons. The van der Waals surface area contributed by atoms with Crippen LogP contribution in [0, 0.1) is 10.1 Å². The maximum absolute atomic E-state index is 13.3. The molecule has 2 aromatic carbocycles. The predicted molar refractivity (Wildman–Crippen MR) is 155 cm³/mol. The van der Waals surface area contributed by atoms with Crippen molar-refractivity contribution in [1.82, 2.24) is 19.4 Å². The van der Waals surface area contributed by atoms with E-state index in [1.165, 1.54) is 12.1 Å². The Labute approximate surface area is 235 Å². The summed E-state index contributed by atoms with van der Waals surface area (Å²) in [5, 5.41) is 11.5. The third-order valence-electron chi connectivity index (χ3n) is 6.60. The van der Waals surface area contributed by atoms with Gasteiger partial charge in [-0.25, -0.2) is 4.98 Å². The monoisotopic (exact) mass is 557 g/mol. The second-order valence-electron chi connectivity index (χ2n) is 9.48. The summed E-state index contributed by atoms with van der Waals surface area (Å²) in [5.74, 6) is -0.580. The number of hydrogen-bond acceptors (Lipinski definition) is 7. The minimum Gasteiger partial charge on any atom is -0.370 e. The number of nitrogens with zero attached hydrogens (tertiary/aromatic N) is 6. The Morgan fingerprint density at radius 2 is 1.90 bits per heavy atom. The Morgan fingerprint density at radius 1 is 1.10 bits per heavy atom. The third-order valence-corrected chi connectivity index (χ3v) is 6.60. The van der Waals surface area contributed by atoms with E-state index in [0.717, 1.165) is 5.69 Å². The summed E-state index contributed by atoms with van der Waals surface area (Å²) in [6.45, 7) is 0.745. The lowest BCUT2D eigenvalue weighted by atomic mass is 10.1. The molecular weight excluding hydrogens is 526 g/mol. The average molecular weight is 558 g/mol. The number of carbonyl (C=O) groups is 2. The lowest BCUT2D eigenvalue weighted by molar-refractivity contribution is -0.384. The van der Waals surface area contributed by atoms with E-state index in [4.69, 9.17) is 22.2 Å². The highest BCUT2D eigenvalue weighted by Gasteiger charge is 2.26. The third kappa shape index (κ3) is 6.82. The largest absolute Gasteiger partial charge is 0.370 e. The highest BCUT2D eigenvalue weighted by Crippen LogP contribution is 2.32. The highest BCUT2D eigenvalue weighted by molar-refractivity contribution is 5.98. The molecular formula is C28H31N9O4. The van der Waals surface area contributed by atoms with E-state index in [1.54, 1.807) is 53.0 Å². The molecule has 13 heteroatoms. The summed E-state index contributed by atoms with van der Waals surface area (Å²) in [6.07, 6.45) is 3.03. The summed E-state index contributed by atoms with van der Waals surface area (Å²) < 4.78 is 1.66. The fourth-order valence-corrected chi connectivity index (χ4v) is 4.55. The van der Waals surface area contributed by atoms with E-state index in [0.29, 0.717) is 47.4 Å². The van der Waals surface area contributed by atoms with Gasteiger partial charge in [0.05, 0.1) is 16.0 Å². The number of likely N-dealkylation sites (N-methyl/N-ethyl adjacent to an activating group) is 1. The van der Waals surface area contributed by atoms with Crippen molar-refractivity contribution >= 4 is 34.5 Å². The van der Waals surface area contributed by atoms with E-state index in [1.807, 2.05) is 18.2 Å². The Morgan fingerprint density at radius 3 is 2.59 bits per heavy atom. The van der Waals surface area contributed by atoms with Crippen molar-refractivity contribution in [2.75, 3.05) is 20.1 Å². The molecule has 0 fully saturated rings. The molecule has 2 amide bonds. The van der Waals surface area contributed by atoms with Crippen LogP contribution in [0.25, 0.3) is 22.4 Å². The van der Waals surface area contributed by atoms with Crippen molar-refractivity contribution in [3.8, 4) is 11.4 Å². The molecule has 0 spiro atoms. The SMILES string of the molecule is CN(CCc1ccccn1)C(=O)c1ccc2c(c1)nc(-c1cccc([N+](=O)[O-])c1)n2[C@@H](CCCN=C(N)N)C(N)=O. The van der Waals surface area contributed by atoms with Gasteiger partial charge in [0.25, 0.3) is 11.6 Å². The van der Waals surface area contributed by atoms with Gasteiger partial charge in [-0.3, -0.25) is 29.7 Å². The smallest absolute Gasteiger partial charge is 0.270 e. The summed E-state index contributed by atoms with van der Waals surface area (Å²) in [4.78, 5) is 51.5. The van der Waals surface area contributed by atoms with Gasteiger partial charge in [0, 0.05) is 61.7 Å². The molecule has 2 heterocycles. The lowest BCUT2D eigenvalue weighted by Gasteiger charge is -2.19. The number of nitro groups is 1. The van der Waals surface area contributed by atoms with Crippen LogP contribution in [0.15, 0.2) is 71.9 Å². The quantitative estimate of drug-likeness (QED) is 0.0774. The highest BCUT2D eigenvalue weighted by atomic mass is 16.6. The van der Waals surface area contributed by atoms with E-state index in [2.05, 4.69) is 9.98 Å². The van der Waals surface area contributed by atoms with Crippen molar-refractivity contribution in [3.05, 3.63) is 88.2 Å². The maximum atomic E-state index is 13.3. The topological polar surface area (TPSA) is 202 Å². The molecule has 4 aromatic rings. The molecule has 41 heavy (non-hydrogen) atoms. The number of fused-ring (bicyclic) bond motifs is 1. The molecule has 0 unspecified atom stereocenters. The number of benzene rings is 2. The summed E-state index contributed by atoms with van der Waals surface area (Å²) in [5.41, 5.74) is 19.2. The molecule has 13 nitrogen and oxygen atoms in total. The number of aromatic nitrogens is 3. The molecule has 2 aromatic heterocycles. The number of rotatable bonds is 12. The van der Waals surface area contributed by atoms with E-state index in [-0.39, 0.29) is 30.5 Å². The van der Waals surface area contributed by atoms with Crippen LogP contribution < -0.4 is 17.2 Å². The second kappa shape index (κ2) is 12.7. The van der Waals surface area contributed by atoms with Crippen molar-refractivity contribution in [2.45, 2.75) is 25.3 Å². The number of carbonyl (C=O) groups excluding carboxylic acids is 2. The zero-order valence-electron chi connectivity index (χ0n) is 22.5. The molecule has 0 aliphatic carbocycles. The van der Waals surface area contributed by atoms with Gasteiger partial charge in [-0.05, 0) is 43.2 Å². The minimum atomic E-state index is -0.856. The van der Waals surface area contributed by atoms with E-state index < -0.39 is 16.9 Å². The number of primary amides is 1. The average Bonchev–Trinajstić information content (AvgIpc) is 3.34. The number of nitrogens with two attached hydrogens (primary N) is 3. The van der Waals surface area contributed by atoms with Crippen LogP contribution in [0.1, 0.15) is 34.9 Å². The Hall–Kier alpha value is -5.33. The molecule has 0 aliphatic heterocycles. The summed E-state index contributed by atoms with van der Waals surface area (Å²) in [6, 6.07) is 15.7. The predicted octanol–water partition coefficient (Wildman–Crippen LogP) is 2.40. The lowest BCUT2D eigenvalue weighted by Crippen LogP contribution is -2.29. The van der Waals surface area contributed by atoms with Gasteiger partial charge in [0.2, 0.25) is 5.91 Å². The zero-order chi connectivity index (χ0) is 29.5. The molecule has 0 saturated heterocycles. The maximum Gasteiger partial charge on any atom is 0.270 e. The van der Waals surface area contributed by atoms with Crippen LogP contribution in [0.3, 0.4) is 0 Å². The number of aliphatic imine (C=N–C) groups is 1. The standard InChI is InChI=1S/C28H31N9O4/c1-35(15-12-20-7-2-3-13-32-20)27(39)19-10-11-23-22(17-19)34-26(18-6-4-8-21(16-18)37(40)41)36(23)24(25(29)38)9-5-14-33-28(30)31/h2-4,6-8,10-11,13,16-17,24H,5,9,12,14-15H2,1H3,(H2,29,38)(H4,30,31,33)/t24-/m0/s1. The van der Waals surface area contributed by atoms with Crippen molar-refractivity contribution in [1.29, 1.82) is 0 Å². The number of guanidine groups is 1. The number of pyridine rings is 1. The summed E-state index contributed by atoms with van der Waals surface area (Å²) in [7, 11) is 1.71. The van der Waals surface area contributed by atoms with Gasteiger partial charge in [0.15, 0.2) is 5.96 Å². The van der Waals surface area contributed by atoms with Gasteiger partial charge >= 0.3 is 0 Å². The molecule has 0 bridgehead atoms. The normalized spacial score (nSPS) is 11.6. The fraction of sp³-hybridized carbons (Fsp3) is 0.250. The zero-order valence-corrected chi connectivity index (χ0v) is 22.5. The first-order valence-corrected chi connectivity index (χ1v) is 12.9. The van der Waals surface area contributed by atoms with Crippen LogP contribution in [0.4, 0.5) is 5.69 Å². The van der Waals surface area contributed by atoms with Crippen LogP contribution in [-0.2, 0) is 11.2 Å². The Balaban J connectivity index is 1.73. The molecule has 4 rings (SSSR count). The van der Waals surface area contributed by atoms with Gasteiger partial charge in [-0.2, -0.15) is 0 Å². The number of non-ortho nitro benzene ring substituents is 1. The van der Waals surface area contributed by atoms with Crippen LogP contribution >= 0.6 is 0 Å². The van der Waals surface area contributed by atoms with Crippen molar-refractivity contribution in [2.24, 2.45) is 22.2 Å². The number of imidazole rings is 1. The molecule has 0 aliphatic rings. The molecule has 212 valence electrons. The molecule has 6 N–H and O–H groups in total. The van der Waals surface area contributed by atoms with Gasteiger partial charge in [0.1, 0.15) is 11.9 Å². The van der Waals surface area contributed by atoms with Crippen molar-refractivity contribution in [3.63, 3.8) is 0 Å².